The fourth-order valence-electron chi connectivity index (χ4n) is 1.92. The molecule has 0 bridgehead atoms. The van der Waals surface area contributed by atoms with Crippen LogP contribution in [0.15, 0.2) is 18.2 Å². The van der Waals surface area contributed by atoms with Gasteiger partial charge in [-0.2, -0.15) is 5.10 Å². The van der Waals surface area contributed by atoms with Gasteiger partial charge in [-0.25, -0.2) is 4.79 Å². The highest BCUT2D eigenvalue weighted by molar-refractivity contribution is 5.87. The van der Waals surface area contributed by atoms with Crippen molar-refractivity contribution >= 4 is 5.97 Å². The first-order valence-corrected chi connectivity index (χ1v) is 5.59. The second-order valence-electron chi connectivity index (χ2n) is 4.18. The molecule has 1 aromatic carbocycles. The van der Waals surface area contributed by atoms with Gasteiger partial charge in [0, 0.05) is 12.6 Å². The van der Waals surface area contributed by atoms with Crippen LogP contribution in [0.3, 0.4) is 0 Å². The molecule has 19 heavy (non-hydrogen) atoms. The molecule has 2 N–H and O–H groups in total. The smallest absolute Gasteiger partial charge is 0.356 e. The van der Waals surface area contributed by atoms with Crippen LogP contribution >= 0.6 is 0 Å². The quantitative estimate of drug-likeness (QED) is 0.881. The topological polar surface area (TPSA) is 84.6 Å². The number of phenolic OH excluding ortho intramolecular Hbond substituents is 1. The van der Waals surface area contributed by atoms with Crippen molar-refractivity contribution in [3.8, 4) is 22.8 Å². The maximum absolute atomic E-state index is 10.9. The van der Waals surface area contributed by atoms with Gasteiger partial charge in [-0.15, -0.1) is 0 Å². The molecule has 0 amide bonds. The average molecular weight is 262 g/mol. The summed E-state index contributed by atoms with van der Waals surface area (Å²) in [5.41, 5.74) is 1.71. The van der Waals surface area contributed by atoms with Crippen molar-refractivity contribution < 1.29 is 19.7 Å². The molecule has 0 radical (unpaired) electrons. The van der Waals surface area contributed by atoms with Crippen LogP contribution in [0.1, 0.15) is 16.1 Å². The Morgan fingerprint density at radius 1 is 1.37 bits per heavy atom. The summed E-state index contributed by atoms with van der Waals surface area (Å²) in [6.07, 6.45) is 0. The largest absolute Gasteiger partial charge is 0.507 e. The van der Waals surface area contributed by atoms with E-state index in [1.165, 1.54) is 17.9 Å². The predicted molar refractivity (Wildman–Crippen MR) is 68.6 cm³/mol. The van der Waals surface area contributed by atoms with Gasteiger partial charge in [-0.05, 0) is 30.7 Å². The number of phenols is 1. The van der Waals surface area contributed by atoms with Gasteiger partial charge in [0.1, 0.15) is 11.5 Å². The number of aromatic carboxylic acids is 1. The van der Waals surface area contributed by atoms with Crippen LogP contribution in [0, 0.1) is 6.92 Å². The first-order chi connectivity index (χ1) is 8.93. The van der Waals surface area contributed by atoms with Crippen molar-refractivity contribution in [3.05, 3.63) is 29.5 Å². The van der Waals surface area contributed by atoms with E-state index in [2.05, 4.69) is 5.10 Å². The van der Waals surface area contributed by atoms with E-state index in [4.69, 9.17) is 9.84 Å². The first kappa shape index (κ1) is 12.9. The Morgan fingerprint density at radius 2 is 2.05 bits per heavy atom. The van der Waals surface area contributed by atoms with Gasteiger partial charge in [-0.1, -0.05) is 0 Å². The fourth-order valence-corrected chi connectivity index (χ4v) is 1.92. The molecule has 6 heteroatoms. The van der Waals surface area contributed by atoms with Crippen molar-refractivity contribution in [2.45, 2.75) is 6.92 Å². The monoisotopic (exact) mass is 262 g/mol. The Bertz CT molecular complexity index is 646. The summed E-state index contributed by atoms with van der Waals surface area (Å²) in [6.45, 7) is 1.81. The third-order valence-corrected chi connectivity index (χ3v) is 2.89. The molecule has 100 valence electrons. The lowest BCUT2D eigenvalue weighted by Crippen LogP contribution is -1.99. The summed E-state index contributed by atoms with van der Waals surface area (Å²) in [4.78, 5) is 10.9. The SMILES string of the molecule is COc1cc(-c2cc(C(=O)O)nn2C)c(O)cc1C. The van der Waals surface area contributed by atoms with Gasteiger partial charge in [0.05, 0.1) is 12.8 Å². The number of benzene rings is 1. The summed E-state index contributed by atoms with van der Waals surface area (Å²) in [6, 6.07) is 4.64. The number of hydrogen-bond acceptors (Lipinski definition) is 4. The number of rotatable bonds is 3. The number of ether oxygens (including phenoxy) is 1. The highest BCUT2D eigenvalue weighted by atomic mass is 16.5. The number of aromatic hydroxyl groups is 1. The van der Waals surface area contributed by atoms with Gasteiger partial charge in [0.25, 0.3) is 0 Å². The molecule has 0 spiro atoms. The van der Waals surface area contributed by atoms with Gasteiger partial charge in [0.2, 0.25) is 0 Å². The molecule has 0 unspecified atom stereocenters. The zero-order valence-electron chi connectivity index (χ0n) is 10.8. The molecular weight excluding hydrogens is 248 g/mol. The first-order valence-electron chi connectivity index (χ1n) is 5.59. The van der Waals surface area contributed by atoms with E-state index in [1.54, 1.807) is 19.2 Å². The van der Waals surface area contributed by atoms with Crippen LogP contribution in [0.5, 0.6) is 11.5 Å². The van der Waals surface area contributed by atoms with E-state index in [0.29, 0.717) is 17.0 Å². The molecule has 6 nitrogen and oxygen atoms in total. The lowest BCUT2D eigenvalue weighted by Gasteiger charge is -2.10. The van der Waals surface area contributed by atoms with Gasteiger partial charge in [-0.3, -0.25) is 4.68 Å². The van der Waals surface area contributed by atoms with Crippen molar-refractivity contribution in [1.82, 2.24) is 9.78 Å². The molecular formula is C13H14N2O4. The fraction of sp³-hybridized carbons (Fsp3) is 0.231. The average Bonchev–Trinajstić information content (AvgIpc) is 2.72. The number of carbonyl (C=O) groups is 1. The van der Waals surface area contributed by atoms with Crippen LogP contribution in [-0.4, -0.2) is 33.1 Å². The van der Waals surface area contributed by atoms with Gasteiger partial charge in [0.15, 0.2) is 5.69 Å². The summed E-state index contributed by atoms with van der Waals surface area (Å²) in [5, 5.41) is 22.8. The third kappa shape index (κ3) is 2.24. The standard InChI is InChI=1S/C13H14N2O4/c1-7-4-11(16)8(5-12(7)19-3)10-6-9(13(17)18)14-15(10)2/h4-6,16H,1-3H3,(H,17,18). The number of aromatic nitrogens is 2. The van der Waals surface area contributed by atoms with Crippen LogP contribution < -0.4 is 4.74 Å². The lowest BCUT2D eigenvalue weighted by atomic mass is 10.1. The molecule has 0 saturated heterocycles. The minimum atomic E-state index is -1.11. The maximum Gasteiger partial charge on any atom is 0.356 e. The Kier molecular flexibility index (Phi) is 3.16. The second kappa shape index (κ2) is 4.64. The third-order valence-electron chi connectivity index (χ3n) is 2.89. The summed E-state index contributed by atoms with van der Waals surface area (Å²) >= 11 is 0. The zero-order valence-corrected chi connectivity index (χ0v) is 10.8. The highest BCUT2D eigenvalue weighted by Crippen LogP contribution is 2.35. The second-order valence-corrected chi connectivity index (χ2v) is 4.18. The Labute approximate surface area is 109 Å². The Hall–Kier alpha value is -2.50. The normalized spacial score (nSPS) is 10.5. The molecule has 0 aliphatic rings. The molecule has 0 aliphatic heterocycles. The van der Waals surface area contributed by atoms with Crippen LogP contribution in [-0.2, 0) is 7.05 Å². The van der Waals surface area contributed by atoms with Gasteiger partial charge >= 0.3 is 5.97 Å². The number of methoxy groups -OCH3 is 1. The summed E-state index contributed by atoms with van der Waals surface area (Å²) in [5.74, 6) is -0.440. The molecule has 0 fully saturated rings. The lowest BCUT2D eigenvalue weighted by molar-refractivity contribution is 0.0689. The van der Waals surface area contributed by atoms with Crippen LogP contribution in [0.2, 0.25) is 0 Å². The predicted octanol–water partition coefficient (Wildman–Crippen LogP) is 1.81. The molecule has 0 saturated carbocycles. The van der Waals surface area contributed by atoms with E-state index in [0.717, 1.165) is 5.56 Å². The molecule has 2 rings (SSSR count). The Morgan fingerprint density at radius 3 is 2.58 bits per heavy atom. The highest BCUT2D eigenvalue weighted by Gasteiger charge is 2.16. The molecule has 1 heterocycles. The molecule has 0 atom stereocenters. The van der Waals surface area contributed by atoms with Crippen molar-refractivity contribution in [2.75, 3.05) is 7.11 Å². The number of carboxylic acid groups (broad SMARTS) is 1. The number of hydrogen-bond donors (Lipinski definition) is 2. The van der Waals surface area contributed by atoms with Crippen molar-refractivity contribution in [1.29, 1.82) is 0 Å². The number of nitrogens with zero attached hydrogens (tertiary/aromatic N) is 2. The molecule has 0 aliphatic carbocycles. The summed E-state index contributed by atoms with van der Waals surface area (Å²) in [7, 11) is 3.16. The van der Waals surface area contributed by atoms with Crippen molar-refractivity contribution in [3.63, 3.8) is 0 Å². The van der Waals surface area contributed by atoms with E-state index in [9.17, 15) is 9.90 Å². The van der Waals surface area contributed by atoms with Gasteiger partial charge < -0.3 is 14.9 Å². The molecule has 2 aromatic rings. The van der Waals surface area contributed by atoms with E-state index < -0.39 is 5.97 Å². The number of aryl methyl sites for hydroxylation is 2. The number of carboxylic acids is 1. The van der Waals surface area contributed by atoms with Crippen LogP contribution in [0.4, 0.5) is 0 Å². The Balaban J connectivity index is 2.61. The minimum Gasteiger partial charge on any atom is -0.507 e. The maximum atomic E-state index is 10.9. The molecule has 1 aromatic heterocycles. The minimum absolute atomic E-state index is 0.0539. The van der Waals surface area contributed by atoms with Crippen LogP contribution in [0.25, 0.3) is 11.3 Å². The van der Waals surface area contributed by atoms with Crippen molar-refractivity contribution in [2.24, 2.45) is 7.05 Å². The zero-order chi connectivity index (χ0) is 14.2. The van der Waals surface area contributed by atoms with E-state index in [-0.39, 0.29) is 11.4 Å². The van der Waals surface area contributed by atoms with E-state index >= 15 is 0 Å². The summed E-state index contributed by atoms with van der Waals surface area (Å²) < 4.78 is 6.61. The van der Waals surface area contributed by atoms with E-state index in [1.807, 2.05) is 6.92 Å².